The van der Waals surface area contributed by atoms with Gasteiger partial charge in [0.2, 0.25) is 0 Å². The lowest BCUT2D eigenvalue weighted by molar-refractivity contribution is -0.142. The van der Waals surface area contributed by atoms with E-state index in [9.17, 15) is 9.59 Å². The molecule has 1 aromatic carbocycles. The van der Waals surface area contributed by atoms with Gasteiger partial charge in [0.1, 0.15) is 11.8 Å². The van der Waals surface area contributed by atoms with E-state index in [1.807, 2.05) is 13.8 Å². The number of hydrogen-bond acceptors (Lipinski definition) is 3. The highest BCUT2D eigenvalue weighted by Crippen LogP contribution is 2.17. The summed E-state index contributed by atoms with van der Waals surface area (Å²) < 4.78 is 5.53. The monoisotopic (exact) mass is 279 g/mol. The molecule has 20 heavy (non-hydrogen) atoms. The maximum absolute atomic E-state index is 12.3. The van der Waals surface area contributed by atoms with Gasteiger partial charge in [-0.2, -0.15) is 0 Å². The summed E-state index contributed by atoms with van der Waals surface area (Å²) in [5.41, 5.74) is 0.422. The topological polar surface area (TPSA) is 66.8 Å². The highest BCUT2D eigenvalue weighted by molar-refractivity contribution is 5.96. The van der Waals surface area contributed by atoms with Crippen LogP contribution in [0.4, 0.5) is 0 Å². The van der Waals surface area contributed by atoms with Crippen LogP contribution in [0, 0.1) is 0 Å². The molecule has 0 heterocycles. The van der Waals surface area contributed by atoms with Crippen LogP contribution in [0.5, 0.6) is 5.75 Å². The third-order valence-corrected chi connectivity index (χ3v) is 2.91. The maximum Gasteiger partial charge on any atom is 0.326 e. The molecule has 0 saturated carbocycles. The van der Waals surface area contributed by atoms with Crippen molar-refractivity contribution in [2.45, 2.75) is 39.3 Å². The van der Waals surface area contributed by atoms with E-state index in [0.29, 0.717) is 17.7 Å². The van der Waals surface area contributed by atoms with Crippen LogP contribution in [0.1, 0.15) is 37.6 Å². The smallest absolute Gasteiger partial charge is 0.326 e. The van der Waals surface area contributed by atoms with Crippen LogP contribution in [0.3, 0.4) is 0 Å². The van der Waals surface area contributed by atoms with Gasteiger partial charge in [-0.25, -0.2) is 4.79 Å². The number of carboxylic acids is 1. The van der Waals surface area contributed by atoms with E-state index < -0.39 is 12.0 Å². The molecule has 5 heteroatoms. The Morgan fingerprint density at radius 3 is 2.50 bits per heavy atom. The molecule has 5 nitrogen and oxygen atoms in total. The molecule has 0 aliphatic carbocycles. The minimum Gasteiger partial charge on any atom is -0.491 e. The second-order valence-corrected chi connectivity index (χ2v) is 4.87. The zero-order valence-corrected chi connectivity index (χ0v) is 12.3. The Morgan fingerprint density at radius 2 is 2.00 bits per heavy atom. The molecular formula is C15H21NO4. The summed E-state index contributed by atoms with van der Waals surface area (Å²) in [6, 6.07) is 5.96. The van der Waals surface area contributed by atoms with Crippen LogP contribution in [0.15, 0.2) is 24.3 Å². The minimum atomic E-state index is -1.00. The molecule has 1 rings (SSSR count). The van der Waals surface area contributed by atoms with Gasteiger partial charge in [0.05, 0.1) is 6.10 Å². The Morgan fingerprint density at radius 1 is 1.35 bits per heavy atom. The number of carbonyl (C=O) groups excluding carboxylic acids is 1. The summed E-state index contributed by atoms with van der Waals surface area (Å²) in [6.07, 6.45) is 0.375. The molecule has 1 atom stereocenters. The van der Waals surface area contributed by atoms with E-state index in [4.69, 9.17) is 9.84 Å². The summed E-state index contributed by atoms with van der Waals surface area (Å²) in [6.45, 7) is 5.54. The van der Waals surface area contributed by atoms with Gasteiger partial charge in [-0.3, -0.25) is 4.79 Å². The molecule has 1 unspecified atom stereocenters. The Hall–Kier alpha value is -2.04. The molecule has 0 bridgehead atoms. The lowest BCUT2D eigenvalue weighted by Crippen LogP contribution is -2.41. The Bertz CT molecular complexity index is 485. The van der Waals surface area contributed by atoms with Crippen molar-refractivity contribution in [1.82, 2.24) is 4.90 Å². The largest absolute Gasteiger partial charge is 0.491 e. The van der Waals surface area contributed by atoms with Gasteiger partial charge in [0.15, 0.2) is 0 Å². The predicted octanol–water partition coefficient (Wildman–Crippen LogP) is 2.41. The number of nitrogens with zero attached hydrogens (tertiary/aromatic N) is 1. The van der Waals surface area contributed by atoms with Crippen LogP contribution in [0.2, 0.25) is 0 Å². The van der Waals surface area contributed by atoms with Crippen LogP contribution >= 0.6 is 0 Å². The number of amides is 1. The van der Waals surface area contributed by atoms with Crippen molar-refractivity contribution in [3.8, 4) is 5.75 Å². The summed E-state index contributed by atoms with van der Waals surface area (Å²) in [4.78, 5) is 24.6. The molecule has 110 valence electrons. The van der Waals surface area contributed by atoms with E-state index in [1.54, 1.807) is 31.2 Å². The second-order valence-electron chi connectivity index (χ2n) is 4.87. The number of hydrogen-bond donors (Lipinski definition) is 1. The van der Waals surface area contributed by atoms with Crippen molar-refractivity contribution < 1.29 is 19.4 Å². The quantitative estimate of drug-likeness (QED) is 0.868. The highest BCUT2D eigenvalue weighted by Gasteiger charge is 2.25. The standard InChI is InChI=1S/C15H21NO4/c1-5-13(15(18)19)16(4)14(17)11-7-6-8-12(9-11)20-10(2)3/h6-10,13H,5H2,1-4H3,(H,18,19). The second kappa shape index (κ2) is 6.93. The number of benzene rings is 1. The molecule has 0 radical (unpaired) electrons. The molecular weight excluding hydrogens is 258 g/mol. The first-order valence-corrected chi connectivity index (χ1v) is 6.63. The molecule has 0 spiro atoms. The Kier molecular flexibility index (Phi) is 5.55. The van der Waals surface area contributed by atoms with E-state index in [2.05, 4.69) is 0 Å². The van der Waals surface area contributed by atoms with Crippen molar-refractivity contribution in [3.63, 3.8) is 0 Å². The lowest BCUT2D eigenvalue weighted by Gasteiger charge is -2.24. The van der Waals surface area contributed by atoms with Gasteiger partial charge in [-0.05, 0) is 38.5 Å². The van der Waals surface area contributed by atoms with Gasteiger partial charge >= 0.3 is 5.97 Å². The van der Waals surface area contributed by atoms with Crippen LogP contribution in [0.25, 0.3) is 0 Å². The number of likely N-dealkylation sites (N-methyl/N-ethyl adjacent to an activating group) is 1. The first kappa shape index (κ1) is 16.0. The first-order chi connectivity index (χ1) is 9.36. The third kappa shape index (κ3) is 3.98. The zero-order chi connectivity index (χ0) is 15.3. The van der Waals surface area contributed by atoms with Gasteiger partial charge in [0, 0.05) is 12.6 Å². The Labute approximate surface area is 119 Å². The summed E-state index contributed by atoms with van der Waals surface area (Å²) in [7, 11) is 1.50. The summed E-state index contributed by atoms with van der Waals surface area (Å²) in [5.74, 6) is -0.728. The molecule has 0 aliphatic heterocycles. The highest BCUT2D eigenvalue weighted by atomic mass is 16.5. The summed E-state index contributed by atoms with van der Waals surface area (Å²) in [5, 5.41) is 9.09. The number of carboxylic acid groups (broad SMARTS) is 1. The number of rotatable bonds is 6. The first-order valence-electron chi connectivity index (χ1n) is 6.63. The number of ether oxygens (including phenoxy) is 1. The van der Waals surface area contributed by atoms with Gasteiger partial charge in [-0.15, -0.1) is 0 Å². The SMILES string of the molecule is CCC(C(=O)O)N(C)C(=O)c1cccc(OC(C)C)c1. The van der Waals surface area contributed by atoms with Crippen molar-refractivity contribution in [2.75, 3.05) is 7.05 Å². The van der Waals surface area contributed by atoms with E-state index >= 15 is 0 Å². The summed E-state index contributed by atoms with van der Waals surface area (Å²) >= 11 is 0. The minimum absolute atomic E-state index is 0.0143. The zero-order valence-electron chi connectivity index (χ0n) is 12.3. The van der Waals surface area contributed by atoms with E-state index in [0.717, 1.165) is 0 Å². The molecule has 1 N–H and O–H groups in total. The predicted molar refractivity (Wildman–Crippen MR) is 76.0 cm³/mol. The third-order valence-electron chi connectivity index (χ3n) is 2.91. The van der Waals surface area contributed by atoms with Crippen LogP contribution in [-0.4, -0.2) is 41.1 Å². The number of aliphatic carboxylic acids is 1. The van der Waals surface area contributed by atoms with Crippen molar-refractivity contribution >= 4 is 11.9 Å². The van der Waals surface area contributed by atoms with Crippen LogP contribution in [-0.2, 0) is 4.79 Å². The van der Waals surface area contributed by atoms with Crippen molar-refractivity contribution in [1.29, 1.82) is 0 Å². The van der Waals surface area contributed by atoms with Crippen LogP contribution < -0.4 is 4.74 Å². The van der Waals surface area contributed by atoms with Crippen molar-refractivity contribution in [2.24, 2.45) is 0 Å². The van der Waals surface area contributed by atoms with Crippen molar-refractivity contribution in [3.05, 3.63) is 29.8 Å². The normalized spacial score (nSPS) is 12.1. The van der Waals surface area contributed by atoms with E-state index in [-0.39, 0.29) is 12.0 Å². The maximum atomic E-state index is 12.3. The molecule has 1 amide bonds. The fourth-order valence-electron chi connectivity index (χ4n) is 1.93. The fraction of sp³-hybridized carbons (Fsp3) is 0.467. The number of carbonyl (C=O) groups is 2. The fourth-order valence-corrected chi connectivity index (χ4v) is 1.93. The molecule has 0 saturated heterocycles. The lowest BCUT2D eigenvalue weighted by atomic mass is 10.1. The molecule has 0 aromatic heterocycles. The molecule has 0 fully saturated rings. The van der Waals surface area contributed by atoms with Gasteiger partial charge < -0.3 is 14.7 Å². The van der Waals surface area contributed by atoms with E-state index in [1.165, 1.54) is 11.9 Å². The average Bonchev–Trinajstić information content (AvgIpc) is 2.37. The Balaban J connectivity index is 2.94. The molecule has 1 aromatic rings. The average molecular weight is 279 g/mol. The van der Waals surface area contributed by atoms with Gasteiger partial charge in [-0.1, -0.05) is 13.0 Å². The van der Waals surface area contributed by atoms with Gasteiger partial charge in [0.25, 0.3) is 5.91 Å². The molecule has 0 aliphatic rings.